The molecule has 66 valence electrons. The minimum atomic E-state index is 0.171. The first kappa shape index (κ1) is 8.97. The lowest BCUT2D eigenvalue weighted by Gasteiger charge is -2.03. The van der Waals surface area contributed by atoms with Crippen LogP contribution >= 0.6 is 0 Å². The molecule has 1 aromatic heterocycles. The summed E-state index contributed by atoms with van der Waals surface area (Å²) in [5.74, 6) is 0.581. The summed E-state index contributed by atoms with van der Waals surface area (Å²) in [5, 5.41) is 3.94. The molecule has 0 bridgehead atoms. The van der Waals surface area contributed by atoms with Crippen LogP contribution in [-0.4, -0.2) is 15.6 Å². The summed E-state index contributed by atoms with van der Waals surface area (Å²) >= 11 is 0. The number of rotatable bonds is 3. The fourth-order valence-corrected chi connectivity index (χ4v) is 1.12. The summed E-state index contributed by atoms with van der Waals surface area (Å²) in [6.45, 7) is 4.07. The van der Waals surface area contributed by atoms with Gasteiger partial charge in [0.25, 0.3) is 0 Å². The first-order valence-corrected chi connectivity index (χ1v) is 4.12. The Bertz CT molecular complexity index is 276. The standard InChI is InChI=1S/C9H14N2O/c1-7(2)6-9(12)8-4-5-10-11(8)3/h4-5,7H,6H2,1-3H3. The zero-order valence-electron chi connectivity index (χ0n) is 7.74. The number of hydrogen-bond acceptors (Lipinski definition) is 2. The van der Waals surface area contributed by atoms with Crippen molar-refractivity contribution in [2.45, 2.75) is 20.3 Å². The van der Waals surface area contributed by atoms with E-state index >= 15 is 0 Å². The van der Waals surface area contributed by atoms with Crippen molar-refractivity contribution >= 4 is 5.78 Å². The van der Waals surface area contributed by atoms with Gasteiger partial charge in [-0.2, -0.15) is 5.10 Å². The van der Waals surface area contributed by atoms with Crippen LogP contribution in [0.15, 0.2) is 12.3 Å². The minimum Gasteiger partial charge on any atom is -0.292 e. The van der Waals surface area contributed by atoms with E-state index in [4.69, 9.17) is 0 Å². The van der Waals surface area contributed by atoms with Gasteiger partial charge in [0.15, 0.2) is 5.78 Å². The minimum absolute atomic E-state index is 0.171. The van der Waals surface area contributed by atoms with Gasteiger partial charge in [-0.05, 0) is 12.0 Å². The summed E-state index contributed by atoms with van der Waals surface area (Å²) in [7, 11) is 1.79. The van der Waals surface area contributed by atoms with Crippen LogP contribution < -0.4 is 0 Å². The van der Waals surface area contributed by atoms with Crippen molar-refractivity contribution in [1.82, 2.24) is 9.78 Å². The zero-order valence-corrected chi connectivity index (χ0v) is 7.74. The second kappa shape index (κ2) is 3.52. The Morgan fingerprint density at radius 2 is 2.33 bits per heavy atom. The molecule has 0 fully saturated rings. The Morgan fingerprint density at radius 3 is 2.75 bits per heavy atom. The van der Waals surface area contributed by atoms with E-state index < -0.39 is 0 Å². The Balaban J connectivity index is 2.72. The molecule has 0 aliphatic heterocycles. The van der Waals surface area contributed by atoms with Crippen molar-refractivity contribution < 1.29 is 4.79 Å². The van der Waals surface area contributed by atoms with Crippen LogP contribution in [0, 0.1) is 5.92 Å². The zero-order chi connectivity index (χ0) is 9.14. The molecule has 0 atom stereocenters. The molecular formula is C9H14N2O. The van der Waals surface area contributed by atoms with E-state index in [1.54, 1.807) is 24.0 Å². The second-order valence-corrected chi connectivity index (χ2v) is 3.36. The first-order chi connectivity index (χ1) is 5.61. The average molecular weight is 166 g/mol. The SMILES string of the molecule is CC(C)CC(=O)c1ccnn1C. The van der Waals surface area contributed by atoms with Gasteiger partial charge in [0.2, 0.25) is 0 Å². The van der Waals surface area contributed by atoms with E-state index in [9.17, 15) is 4.79 Å². The van der Waals surface area contributed by atoms with Gasteiger partial charge in [0.1, 0.15) is 5.69 Å². The van der Waals surface area contributed by atoms with Crippen LogP contribution in [0.2, 0.25) is 0 Å². The number of hydrogen-bond donors (Lipinski definition) is 0. The van der Waals surface area contributed by atoms with Crippen molar-refractivity contribution in [3.8, 4) is 0 Å². The van der Waals surface area contributed by atoms with Gasteiger partial charge in [-0.25, -0.2) is 0 Å². The highest BCUT2D eigenvalue weighted by Gasteiger charge is 2.10. The van der Waals surface area contributed by atoms with Crippen molar-refractivity contribution in [1.29, 1.82) is 0 Å². The van der Waals surface area contributed by atoms with Crippen molar-refractivity contribution in [2.24, 2.45) is 13.0 Å². The summed E-state index contributed by atoms with van der Waals surface area (Å²) in [5.41, 5.74) is 0.698. The molecule has 0 radical (unpaired) electrons. The lowest BCUT2D eigenvalue weighted by Crippen LogP contribution is -2.09. The van der Waals surface area contributed by atoms with Crippen LogP contribution in [0.25, 0.3) is 0 Å². The normalized spacial score (nSPS) is 10.7. The monoisotopic (exact) mass is 166 g/mol. The highest BCUT2D eigenvalue weighted by molar-refractivity contribution is 5.94. The van der Waals surface area contributed by atoms with E-state index in [0.717, 1.165) is 0 Å². The average Bonchev–Trinajstić information content (AvgIpc) is 2.33. The summed E-state index contributed by atoms with van der Waals surface area (Å²) in [4.78, 5) is 11.5. The van der Waals surface area contributed by atoms with Crippen molar-refractivity contribution in [2.75, 3.05) is 0 Å². The maximum absolute atomic E-state index is 11.5. The Labute approximate surface area is 72.4 Å². The molecule has 0 unspecified atom stereocenters. The first-order valence-electron chi connectivity index (χ1n) is 4.12. The Morgan fingerprint density at radius 1 is 1.67 bits per heavy atom. The summed E-state index contributed by atoms with van der Waals surface area (Å²) < 4.78 is 1.62. The van der Waals surface area contributed by atoms with E-state index in [1.807, 2.05) is 13.8 Å². The molecule has 0 spiro atoms. The lowest BCUT2D eigenvalue weighted by molar-refractivity contribution is 0.0958. The molecule has 1 aromatic rings. The van der Waals surface area contributed by atoms with Crippen molar-refractivity contribution in [3.63, 3.8) is 0 Å². The fraction of sp³-hybridized carbons (Fsp3) is 0.556. The van der Waals surface area contributed by atoms with Crippen LogP contribution in [0.3, 0.4) is 0 Å². The van der Waals surface area contributed by atoms with Gasteiger partial charge in [-0.1, -0.05) is 13.8 Å². The van der Waals surface area contributed by atoms with E-state index in [1.165, 1.54) is 0 Å². The number of aryl methyl sites for hydroxylation is 1. The number of carbonyl (C=O) groups excluding carboxylic acids is 1. The van der Waals surface area contributed by atoms with Gasteiger partial charge in [-0.3, -0.25) is 9.48 Å². The molecule has 0 aliphatic rings. The number of aromatic nitrogens is 2. The smallest absolute Gasteiger partial charge is 0.181 e. The number of Topliss-reactive ketones (excluding diaryl/α,β-unsaturated/α-hetero) is 1. The summed E-state index contributed by atoms with van der Waals surface area (Å²) in [6, 6.07) is 1.75. The quantitative estimate of drug-likeness (QED) is 0.640. The number of ketones is 1. The lowest BCUT2D eigenvalue weighted by atomic mass is 10.1. The fourth-order valence-electron chi connectivity index (χ4n) is 1.12. The van der Waals surface area contributed by atoms with E-state index in [2.05, 4.69) is 5.10 Å². The third-order valence-corrected chi connectivity index (χ3v) is 1.70. The van der Waals surface area contributed by atoms with Gasteiger partial charge in [0, 0.05) is 19.7 Å². The third kappa shape index (κ3) is 1.94. The number of carbonyl (C=O) groups is 1. The largest absolute Gasteiger partial charge is 0.292 e. The van der Waals surface area contributed by atoms with Gasteiger partial charge >= 0.3 is 0 Å². The molecule has 0 saturated heterocycles. The van der Waals surface area contributed by atoms with Crippen LogP contribution in [-0.2, 0) is 7.05 Å². The predicted octanol–water partition coefficient (Wildman–Crippen LogP) is 1.65. The predicted molar refractivity (Wildman–Crippen MR) is 47.0 cm³/mol. The van der Waals surface area contributed by atoms with Crippen LogP contribution in [0.4, 0.5) is 0 Å². The molecular weight excluding hydrogens is 152 g/mol. The maximum Gasteiger partial charge on any atom is 0.181 e. The molecule has 0 aromatic carbocycles. The van der Waals surface area contributed by atoms with Gasteiger partial charge in [-0.15, -0.1) is 0 Å². The van der Waals surface area contributed by atoms with E-state index in [-0.39, 0.29) is 5.78 Å². The molecule has 1 heterocycles. The maximum atomic E-state index is 11.5. The Hall–Kier alpha value is -1.12. The highest BCUT2D eigenvalue weighted by atomic mass is 16.1. The second-order valence-electron chi connectivity index (χ2n) is 3.36. The number of nitrogens with zero attached hydrogens (tertiary/aromatic N) is 2. The molecule has 1 rings (SSSR count). The molecule has 0 N–H and O–H groups in total. The van der Waals surface area contributed by atoms with E-state index in [0.29, 0.717) is 18.0 Å². The molecule has 3 nitrogen and oxygen atoms in total. The molecule has 3 heteroatoms. The van der Waals surface area contributed by atoms with Gasteiger partial charge in [0.05, 0.1) is 0 Å². The topological polar surface area (TPSA) is 34.9 Å². The molecule has 0 saturated carbocycles. The molecule has 0 amide bonds. The summed E-state index contributed by atoms with van der Waals surface area (Å²) in [6.07, 6.45) is 2.24. The Kier molecular flexibility index (Phi) is 2.63. The molecule has 12 heavy (non-hydrogen) atoms. The third-order valence-electron chi connectivity index (χ3n) is 1.70. The van der Waals surface area contributed by atoms with Gasteiger partial charge < -0.3 is 0 Å². The van der Waals surface area contributed by atoms with Crippen LogP contribution in [0.1, 0.15) is 30.8 Å². The molecule has 0 aliphatic carbocycles. The highest BCUT2D eigenvalue weighted by Crippen LogP contribution is 2.07. The van der Waals surface area contributed by atoms with Crippen LogP contribution in [0.5, 0.6) is 0 Å². The van der Waals surface area contributed by atoms with Crippen molar-refractivity contribution in [3.05, 3.63) is 18.0 Å².